The van der Waals surface area contributed by atoms with Crippen LogP contribution in [-0.2, 0) is 19.1 Å². The number of benzene rings is 1. The number of esters is 1. The van der Waals surface area contributed by atoms with Gasteiger partial charge in [-0.25, -0.2) is 9.78 Å². The van der Waals surface area contributed by atoms with Crippen molar-refractivity contribution in [2.24, 2.45) is 0 Å². The van der Waals surface area contributed by atoms with E-state index in [0.717, 1.165) is 16.7 Å². The van der Waals surface area contributed by atoms with Gasteiger partial charge in [0.1, 0.15) is 10.8 Å². The Kier molecular flexibility index (Phi) is 7.24. The number of carbonyl (C=O) groups excluding carboxylic acids is 4. The average molecular weight is 443 g/mol. The van der Waals surface area contributed by atoms with E-state index in [1.165, 1.54) is 19.3 Å². The summed E-state index contributed by atoms with van der Waals surface area (Å²) in [4.78, 5) is 53.8. The summed E-state index contributed by atoms with van der Waals surface area (Å²) in [7, 11) is 1.42. The van der Waals surface area contributed by atoms with Gasteiger partial charge in [-0.3, -0.25) is 19.3 Å². The number of anilines is 1. The lowest BCUT2D eigenvalue weighted by Crippen LogP contribution is -2.26. The number of hydrogen-bond donors (Lipinski definition) is 1. The smallest absolute Gasteiger partial charge is 0.341 e. The van der Waals surface area contributed by atoms with Crippen LogP contribution in [0.4, 0.5) is 5.69 Å². The minimum Gasteiger partial charge on any atom is -0.492 e. The first-order valence-corrected chi connectivity index (χ1v) is 10.4. The van der Waals surface area contributed by atoms with Crippen molar-refractivity contribution in [3.05, 3.63) is 48.2 Å². The van der Waals surface area contributed by atoms with Crippen LogP contribution in [0.25, 0.3) is 0 Å². The van der Waals surface area contributed by atoms with E-state index in [9.17, 15) is 19.2 Å². The summed E-state index contributed by atoms with van der Waals surface area (Å²) in [5.41, 5.74) is 0.585. The van der Waals surface area contributed by atoms with Gasteiger partial charge in [-0.1, -0.05) is 23.9 Å². The van der Waals surface area contributed by atoms with Gasteiger partial charge in [-0.05, 0) is 31.2 Å². The van der Waals surface area contributed by atoms with Gasteiger partial charge in [0.25, 0.3) is 5.91 Å². The number of pyridine rings is 1. The summed E-state index contributed by atoms with van der Waals surface area (Å²) in [6.07, 6.45) is 1.51. The molecule has 1 saturated heterocycles. The number of likely N-dealkylation sites (tertiary alicyclic amines) is 1. The molecule has 3 amide bonds. The molecule has 31 heavy (non-hydrogen) atoms. The van der Waals surface area contributed by atoms with Gasteiger partial charge in [0.05, 0.1) is 23.1 Å². The zero-order valence-electron chi connectivity index (χ0n) is 17.0. The first-order valence-electron chi connectivity index (χ1n) is 9.51. The van der Waals surface area contributed by atoms with Crippen molar-refractivity contribution >= 4 is 41.1 Å². The Morgan fingerprint density at radius 1 is 1.23 bits per heavy atom. The number of nitrogens with zero attached hydrogens (tertiary/aromatic N) is 2. The highest BCUT2D eigenvalue weighted by atomic mass is 32.2. The number of hydrogen-bond acceptors (Lipinski definition) is 8. The number of nitrogens with one attached hydrogen (secondary N) is 1. The van der Waals surface area contributed by atoms with Gasteiger partial charge in [-0.2, -0.15) is 0 Å². The van der Waals surface area contributed by atoms with E-state index >= 15 is 0 Å². The third kappa shape index (κ3) is 5.40. The Balaban J connectivity index is 1.62. The van der Waals surface area contributed by atoms with Gasteiger partial charge in [-0.15, -0.1) is 0 Å². The van der Waals surface area contributed by atoms with E-state index in [2.05, 4.69) is 10.3 Å². The number of carbonyl (C=O) groups is 4. The molecule has 0 spiro atoms. The van der Waals surface area contributed by atoms with Crippen molar-refractivity contribution in [1.29, 1.82) is 0 Å². The molecule has 1 aliphatic heterocycles. The second kappa shape index (κ2) is 10.1. The van der Waals surface area contributed by atoms with E-state index in [-0.39, 0.29) is 28.8 Å². The van der Waals surface area contributed by atoms with Crippen LogP contribution in [0.1, 0.15) is 23.7 Å². The van der Waals surface area contributed by atoms with Gasteiger partial charge < -0.3 is 14.8 Å². The summed E-state index contributed by atoms with van der Waals surface area (Å²) in [6, 6.07) is 9.96. The van der Waals surface area contributed by atoms with Crippen LogP contribution < -0.4 is 10.1 Å². The Hall–Kier alpha value is -3.40. The first-order chi connectivity index (χ1) is 14.9. The van der Waals surface area contributed by atoms with Crippen LogP contribution in [-0.4, -0.2) is 59.1 Å². The molecule has 0 bridgehead atoms. The number of amides is 3. The number of rotatable bonds is 8. The third-order valence-electron chi connectivity index (χ3n) is 4.38. The average Bonchev–Trinajstić information content (AvgIpc) is 3.00. The summed E-state index contributed by atoms with van der Waals surface area (Å²) in [5.74, 6) is -1.40. The fourth-order valence-corrected chi connectivity index (χ4v) is 3.99. The predicted molar refractivity (Wildman–Crippen MR) is 113 cm³/mol. The van der Waals surface area contributed by atoms with Gasteiger partial charge >= 0.3 is 5.97 Å². The molecule has 1 N–H and O–H groups in total. The fraction of sp³-hybridized carbons (Fsp3) is 0.286. The van der Waals surface area contributed by atoms with E-state index < -0.39 is 23.7 Å². The molecule has 10 heteroatoms. The van der Waals surface area contributed by atoms with Crippen molar-refractivity contribution in [3.63, 3.8) is 0 Å². The normalized spacial score (nSPS) is 15.7. The van der Waals surface area contributed by atoms with Crippen LogP contribution in [0.3, 0.4) is 0 Å². The Morgan fingerprint density at radius 2 is 2.00 bits per heavy atom. The van der Waals surface area contributed by atoms with Crippen LogP contribution in [0.15, 0.2) is 47.6 Å². The summed E-state index contributed by atoms with van der Waals surface area (Å²) in [5, 5.41) is 2.25. The molecule has 0 aliphatic carbocycles. The number of aromatic nitrogens is 1. The minimum absolute atomic E-state index is 0.0344. The number of para-hydroxylation sites is 2. The molecule has 1 aromatic heterocycles. The molecule has 9 nitrogen and oxygen atoms in total. The fourth-order valence-electron chi connectivity index (χ4n) is 2.84. The Morgan fingerprint density at radius 3 is 2.71 bits per heavy atom. The van der Waals surface area contributed by atoms with E-state index in [1.54, 1.807) is 30.3 Å². The lowest BCUT2D eigenvalue weighted by molar-refractivity contribution is -0.136. The maximum Gasteiger partial charge on any atom is 0.341 e. The number of thioether (sulfide) groups is 1. The molecule has 1 aromatic carbocycles. The van der Waals surface area contributed by atoms with E-state index in [4.69, 9.17) is 9.47 Å². The molecule has 1 atom stereocenters. The molecule has 162 valence electrons. The topological polar surface area (TPSA) is 115 Å². The largest absolute Gasteiger partial charge is 0.492 e. The molecule has 1 fully saturated rings. The maximum atomic E-state index is 12.5. The van der Waals surface area contributed by atoms with Crippen LogP contribution >= 0.6 is 11.8 Å². The Bertz CT molecular complexity index is 1010. The van der Waals surface area contributed by atoms with Crippen molar-refractivity contribution in [1.82, 2.24) is 9.88 Å². The van der Waals surface area contributed by atoms with Crippen LogP contribution in [0, 0.1) is 0 Å². The molecular formula is C21H21N3O6S. The second-order valence-corrected chi connectivity index (χ2v) is 7.70. The SMILES string of the molecule is CCOc1ccccc1NC(=O)COC(=O)c1cccnc1SC1CC(=O)N(C)C1=O. The van der Waals surface area contributed by atoms with Crippen molar-refractivity contribution in [3.8, 4) is 5.75 Å². The predicted octanol–water partition coefficient (Wildman–Crippen LogP) is 2.13. The van der Waals surface area contributed by atoms with Crippen LogP contribution in [0.5, 0.6) is 5.75 Å². The first kappa shape index (κ1) is 22.3. The zero-order valence-corrected chi connectivity index (χ0v) is 17.8. The summed E-state index contributed by atoms with van der Waals surface area (Å²) >= 11 is 1.02. The standard InChI is InChI=1S/C21H21N3O6S/c1-3-29-15-9-5-4-8-14(15)23-17(25)12-30-21(28)13-7-6-10-22-19(13)31-16-11-18(26)24(2)20(16)27/h4-10,16H,3,11-12H2,1-2H3,(H,23,25). The highest BCUT2D eigenvalue weighted by molar-refractivity contribution is 8.00. The molecule has 1 aliphatic rings. The third-order valence-corrected chi connectivity index (χ3v) is 5.58. The van der Waals surface area contributed by atoms with Crippen molar-refractivity contribution in [2.75, 3.05) is 25.6 Å². The second-order valence-electron chi connectivity index (χ2n) is 6.51. The quantitative estimate of drug-likeness (QED) is 0.487. The molecule has 0 saturated carbocycles. The van der Waals surface area contributed by atoms with Gasteiger partial charge in [0.15, 0.2) is 6.61 Å². The maximum absolute atomic E-state index is 12.5. The van der Waals surface area contributed by atoms with Crippen LogP contribution in [0.2, 0.25) is 0 Å². The number of ether oxygens (including phenoxy) is 2. The molecule has 0 radical (unpaired) electrons. The lowest BCUT2D eigenvalue weighted by Gasteiger charge is -2.12. The highest BCUT2D eigenvalue weighted by Crippen LogP contribution is 2.32. The lowest BCUT2D eigenvalue weighted by atomic mass is 10.3. The van der Waals surface area contributed by atoms with E-state index in [0.29, 0.717) is 18.0 Å². The zero-order chi connectivity index (χ0) is 22.4. The van der Waals surface area contributed by atoms with Crippen molar-refractivity contribution < 1.29 is 28.7 Å². The number of imide groups is 1. The highest BCUT2D eigenvalue weighted by Gasteiger charge is 2.37. The molecule has 2 aromatic rings. The Labute approximate surface area is 183 Å². The molecule has 1 unspecified atom stereocenters. The summed E-state index contributed by atoms with van der Waals surface area (Å²) < 4.78 is 10.6. The van der Waals surface area contributed by atoms with E-state index in [1.807, 2.05) is 6.92 Å². The molecule has 2 heterocycles. The van der Waals surface area contributed by atoms with Gasteiger partial charge in [0.2, 0.25) is 11.8 Å². The van der Waals surface area contributed by atoms with Gasteiger partial charge in [0, 0.05) is 19.7 Å². The monoisotopic (exact) mass is 443 g/mol. The van der Waals surface area contributed by atoms with Crippen molar-refractivity contribution in [2.45, 2.75) is 23.6 Å². The summed E-state index contributed by atoms with van der Waals surface area (Å²) in [6.45, 7) is 1.76. The molecular weight excluding hydrogens is 422 g/mol. The minimum atomic E-state index is -0.756. The molecule has 3 rings (SSSR count).